The lowest BCUT2D eigenvalue weighted by Crippen LogP contribution is -2.42. The highest BCUT2D eigenvalue weighted by atomic mass is 16.2. The molecule has 3 heterocycles. The molecule has 0 fully saturated rings. The van der Waals surface area contributed by atoms with Crippen LogP contribution in [0.4, 0.5) is 11.4 Å². The van der Waals surface area contributed by atoms with E-state index in [1.54, 1.807) is 10.6 Å². The van der Waals surface area contributed by atoms with Gasteiger partial charge in [0, 0.05) is 17.8 Å². The van der Waals surface area contributed by atoms with Gasteiger partial charge in [-0.15, -0.1) is 0 Å². The molecule has 1 aromatic carbocycles. The van der Waals surface area contributed by atoms with E-state index in [0.29, 0.717) is 29.1 Å². The third kappa shape index (κ3) is 3.20. The summed E-state index contributed by atoms with van der Waals surface area (Å²) in [5.74, 6) is -0.955. The minimum Gasteiger partial charge on any atom is -0.365 e. The van der Waals surface area contributed by atoms with Gasteiger partial charge in [-0.05, 0) is 38.0 Å². The van der Waals surface area contributed by atoms with Crippen LogP contribution in [0.25, 0.3) is 5.65 Å². The van der Waals surface area contributed by atoms with Gasteiger partial charge in [0.05, 0.1) is 17.6 Å². The molecule has 3 amide bonds. The Balaban J connectivity index is 1.60. The van der Waals surface area contributed by atoms with Gasteiger partial charge in [0.15, 0.2) is 5.65 Å². The van der Waals surface area contributed by atoms with Crippen molar-refractivity contribution in [2.75, 3.05) is 16.8 Å². The molecule has 29 heavy (non-hydrogen) atoms. The first-order chi connectivity index (χ1) is 13.9. The summed E-state index contributed by atoms with van der Waals surface area (Å²) in [5.41, 5.74) is 9.75. The van der Waals surface area contributed by atoms with E-state index in [0.717, 1.165) is 11.3 Å². The fourth-order valence-corrected chi connectivity index (χ4v) is 3.67. The Kier molecular flexibility index (Phi) is 4.50. The zero-order valence-electron chi connectivity index (χ0n) is 16.1. The number of hydrogen-bond acceptors (Lipinski definition) is 5. The fourth-order valence-electron chi connectivity index (χ4n) is 3.67. The minimum atomic E-state index is -0.587. The van der Waals surface area contributed by atoms with Crippen LogP contribution >= 0.6 is 0 Å². The molecular formula is C20H20N6O3. The van der Waals surface area contributed by atoms with E-state index in [4.69, 9.17) is 5.73 Å². The number of carbonyl (C=O) groups excluding carboxylic acids is 3. The predicted octanol–water partition coefficient (Wildman–Crippen LogP) is 1.36. The monoisotopic (exact) mass is 392 g/mol. The summed E-state index contributed by atoms with van der Waals surface area (Å²) in [7, 11) is 0. The number of anilines is 2. The average Bonchev–Trinajstić information content (AvgIpc) is 3.11. The zero-order valence-corrected chi connectivity index (χ0v) is 16.1. The van der Waals surface area contributed by atoms with Crippen LogP contribution < -0.4 is 16.0 Å². The highest BCUT2D eigenvalue weighted by Crippen LogP contribution is 2.29. The SMILES string of the molecule is Cc1nc2c(C(N)=O)cnn2c(C)c1CCC(=O)N1CC(=O)Nc2ccccc21. The number of fused-ring (bicyclic) bond motifs is 2. The number of primary amides is 1. The number of nitrogens with zero attached hydrogens (tertiary/aromatic N) is 4. The molecule has 148 valence electrons. The molecule has 2 aromatic heterocycles. The molecule has 0 aliphatic carbocycles. The van der Waals surface area contributed by atoms with Crippen LogP contribution in [0.3, 0.4) is 0 Å². The number of nitrogens with one attached hydrogen (secondary N) is 1. The molecule has 0 bridgehead atoms. The smallest absolute Gasteiger partial charge is 0.254 e. The van der Waals surface area contributed by atoms with E-state index in [9.17, 15) is 14.4 Å². The topological polar surface area (TPSA) is 123 Å². The second-order valence-electron chi connectivity index (χ2n) is 6.96. The van der Waals surface area contributed by atoms with E-state index in [2.05, 4.69) is 15.4 Å². The van der Waals surface area contributed by atoms with Gasteiger partial charge in [-0.3, -0.25) is 14.4 Å². The lowest BCUT2D eigenvalue weighted by atomic mass is 10.0. The molecule has 0 radical (unpaired) electrons. The number of rotatable bonds is 4. The second kappa shape index (κ2) is 7.01. The molecule has 1 aliphatic heterocycles. The van der Waals surface area contributed by atoms with Crippen molar-refractivity contribution in [3.8, 4) is 0 Å². The van der Waals surface area contributed by atoms with Gasteiger partial charge in [-0.2, -0.15) is 5.10 Å². The Labute approximate surface area is 166 Å². The number of para-hydroxylation sites is 2. The van der Waals surface area contributed by atoms with Crippen molar-refractivity contribution >= 4 is 34.7 Å². The van der Waals surface area contributed by atoms with E-state index >= 15 is 0 Å². The summed E-state index contributed by atoms with van der Waals surface area (Å²) in [4.78, 5) is 42.4. The van der Waals surface area contributed by atoms with Gasteiger partial charge >= 0.3 is 0 Å². The number of nitrogens with two attached hydrogens (primary N) is 1. The van der Waals surface area contributed by atoms with Gasteiger partial charge in [-0.1, -0.05) is 12.1 Å². The van der Waals surface area contributed by atoms with Crippen LogP contribution in [0.1, 0.15) is 33.7 Å². The molecule has 9 nitrogen and oxygen atoms in total. The third-order valence-corrected chi connectivity index (χ3v) is 5.13. The Bertz CT molecular complexity index is 1170. The minimum absolute atomic E-state index is 0.00771. The first kappa shape index (κ1) is 18.6. The number of aromatic nitrogens is 3. The van der Waals surface area contributed by atoms with Crippen LogP contribution in [-0.4, -0.2) is 38.9 Å². The van der Waals surface area contributed by atoms with Gasteiger partial charge in [0.25, 0.3) is 5.91 Å². The summed E-state index contributed by atoms with van der Waals surface area (Å²) in [6, 6.07) is 7.22. The fraction of sp³-hybridized carbons (Fsp3) is 0.250. The van der Waals surface area contributed by atoms with Crippen molar-refractivity contribution < 1.29 is 14.4 Å². The number of benzene rings is 1. The molecule has 0 spiro atoms. The van der Waals surface area contributed by atoms with Crippen molar-refractivity contribution in [2.45, 2.75) is 26.7 Å². The number of carbonyl (C=O) groups is 3. The molecule has 3 aromatic rings. The second-order valence-corrected chi connectivity index (χ2v) is 6.96. The maximum Gasteiger partial charge on any atom is 0.254 e. The lowest BCUT2D eigenvalue weighted by molar-refractivity contribution is -0.121. The first-order valence-corrected chi connectivity index (χ1v) is 9.19. The van der Waals surface area contributed by atoms with E-state index in [-0.39, 0.29) is 30.3 Å². The number of amides is 3. The molecule has 0 unspecified atom stereocenters. The predicted molar refractivity (Wildman–Crippen MR) is 107 cm³/mol. The third-order valence-electron chi connectivity index (χ3n) is 5.13. The summed E-state index contributed by atoms with van der Waals surface area (Å²) in [6.45, 7) is 3.68. The summed E-state index contributed by atoms with van der Waals surface area (Å²) in [6.07, 6.45) is 2.04. The van der Waals surface area contributed by atoms with Gasteiger partial charge < -0.3 is 16.0 Å². The number of aryl methyl sites for hydroxylation is 2. The van der Waals surface area contributed by atoms with E-state index in [1.807, 2.05) is 32.0 Å². The van der Waals surface area contributed by atoms with Crippen molar-refractivity contribution in [3.63, 3.8) is 0 Å². The Morgan fingerprint density at radius 3 is 2.76 bits per heavy atom. The van der Waals surface area contributed by atoms with Gasteiger partial charge in [0.1, 0.15) is 12.1 Å². The zero-order chi connectivity index (χ0) is 20.7. The Morgan fingerprint density at radius 1 is 1.24 bits per heavy atom. The van der Waals surface area contributed by atoms with Crippen LogP contribution in [0.5, 0.6) is 0 Å². The molecule has 4 rings (SSSR count). The molecule has 3 N–H and O–H groups in total. The normalized spacial score (nSPS) is 13.3. The van der Waals surface area contributed by atoms with E-state index in [1.165, 1.54) is 11.1 Å². The largest absolute Gasteiger partial charge is 0.365 e. The molecule has 0 atom stereocenters. The first-order valence-electron chi connectivity index (χ1n) is 9.19. The summed E-state index contributed by atoms with van der Waals surface area (Å²) in [5, 5.41) is 6.98. The van der Waals surface area contributed by atoms with Crippen molar-refractivity contribution in [2.24, 2.45) is 5.73 Å². The van der Waals surface area contributed by atoms with E-state index < -0.39 is 5.91 Å². The summed E-state index contributed by atoms with van der Waals surface area (Å²) >= 11 is 0. The number of hydrogen-bond donors (Lipinski definition) is 2. The molecule has 0 saturated heterocycles. The van der Waals surface area contributed by atoms with Gasteiger partial charge in [-0.25, -0.2) is 9.50 Å². The molecule has 1 aliphatic rings. The van der Waals surface area contributed by atoms with Gasteiger partial charge in [0.2, 0.25) is 11.8 Å². The average molecular weight is 392 g/mol. The molecule has 9 heteroatoms. The van der Waals surface area contributed by atoms with Crippen LogP contribution in [0.15, 0.2) is 30.5 Å². The quantitative estimate of drug-likeness (QED) is 0.694. The van der Waals surface area contributed by atoms with Crippen LogP contribution in [-0.2, 0) is 16.0 Å². The summed E-state index contributed by atoms with van der Waals surface area (Å²) < 4.78 is 1.57. The van der Waals surface area contributed by atoms with Crippen molar-refractivity contribution in [3.05, 3.63) is 53.0 Å². The Morgan fingerprint density at radius 2 is 2.00 bits per heavy atom. The maximum atomic E-state index is 12.9. The lowest BCUT2D eigenvalue weighted by Gasteiger charge is -2.29. The highest BCUT2D eigenvalue weighted by molar-refractivity contribution is 6.09. The van der Waals surface area contributed by atoms with Crippen molar-refractivity contribution in [1.82, 2.24) is 14.6 Å². The molecule has 0 saturated carbocycles. The highest BCUT2D eigenvalue weighted by Gasteiger charge is 2.26. The van der Waals surface area contributed by atoms with Crippen LogP contribution in [0, 0.1) is 13.8 Å². The van der Waals surface area contributed by atoms with Crippen LogP contribution in [0.2, 0.25) is 0 Å². The van der Waals surface area contributed by atoms with Crippen molar-refractivity contribution in [1.29, 1.82) is 0 Å². The maximum absolute atomic E-state index is 12.9. The standard InChI is InChI=1S/C20H20N6O3/c1-11-13(12(2)26-20(23-11)14(9-22-26)19(21)29)7-8-18(28)25-10-17(27)24-15-5-3-4-6-16(15)25/h3-6,9H,7-8,10H2,1-2H3,(H2,21,29)(H,24,27). The molecular weight excluding hydrogens is 372 g/mol. The Hall–Kier alpha value is -3.75.